The van der Waals surface area contributed by atoms with Gasteiger partial charge in [0.05, 0.1) is 28.3 Å². The van der Waals surface area contributed by atoms with Crippen molar-refractivity contribution in [2.75, 3.05) is 0 Å². The van der Waals surface area contributed by atoms with E-state index < -0.39 is 28.6 Å². The maximum Gasteiger partial charge on any atom is 0.417 e. The lowest BCUT2D eigenvalue weighted by molar-refractivity contribution is -0.137. The van der Waals surface area contributed by atoms with Crippen molar-refractivity contribution in [1.82, 2.24) is 4.90 Å². The fourth-order valence-electron chi connectivity index (χ4n) is 2.53. The van der Waals surface area contributed by atoms with Gasteiger partial charge in [-0.2, -0.15) is 13.2 Å². The summed E-state index contributed by atoms with van der Waals surface area (Å²) in [7, 11) is 0. The summed E-state index contributed by atoms with van der Waals surface area (Å²) in [5, 5.41) is 9.26. The minimum Gasteiger partial charge on any atom is -0.507 e. The maximum atomic E-state index is 12.9. The molecule has 0 radical (unpaired) electrons. The molecular formula is C16H9ClF3NO3. The lowest BCUT2D eigenvalue weighted by atomic mass is 10.1. The quantitative estimate of drug-likeness (QED) is 0.832. The summed E-state index contributed by atoms with van der Waals surface area (Å²) in [6.07, 6.45) is -4.65. The van der Waals surface area contributed by atoms with Crippen molar-refractivity contribution in [2.24, 2.45) is 0 Å². The number of alkyl halides is 3. The Morgan fingerprint density at radius 2 is 1.79 bits per heavy atom. The van der Waals surface area contributed by atoms with E-state index in [4.69, 9.17) is 11.6 Å². The number of imide groups is 1. The van der Waals surface area contributed by atoms with Gasteiger partial charge in [0.25, 0.3) is 11.8 Å². The van der Waals surface area contributed by atoms with Crippen LogP contribution in [0.2, 0.25) is 5.02 Å². The first-order valence-electron chi connectivity index (χ1n) is 6.74. The van der Waals surface area contributed by atoms with E-state index in [1.807, 2.05) is 0 Å². The number of halogens is 4. The molecular weight excluding hydrogens is 347 g/mol. The summed E-state index contributed by atoms with van der Waals surface area (Å²) in [4.78, 5) is 25.3. The molecule has 1 aliphatic rings. The van der Waals surface area contributed by atoms with Gasteiger partial charge >= 0.3 is 6.18 Å². The predicted molar refractivity (Wildman–Crippen MR) is 78.8 cm³/mol. The predicted octanol–water partition coefficient (Wildman–Crippen LogP) is 3.86. The fraction of sp³-hybridized carbons (Fsp3) is 0.125. The van der Waals surface area contributed by atoms with Crippen LogP contribution in [0.25, 0.3) is 0 Å². The molecule has 1 aliphatic heterocycles. The molecule has 2 amide bonds. The number of benzene rings is 2. The number of hydrogen-bond donors (Lipinski definition) is 1. The number of rotatable bonds is 2. The normalized spacial score (nSPS) is 14.2. The zero-order chi connectivity index (χ0) is 17.6. The number of aromatic hydroxyl groups is 1. The van der Waals surface area contributed by atoms with Gasteiger partial charge in [0.2, 0.25) is 0 Å². The summed E-state index contributed by atoms with van der Waals surface area (Å²) < 4.78 is 38.7. The van der Waals surface area contributed by atoms with Crippen LogP contribution < -0.4 is 0 Å². The molecule has 24 heavy (non-hydrogen) atoms. The van der Waals surface area contributed by atoms with Crippen LogP contribution in [0.1, 0.15) is 31.8 Å². The molecule has 0 aromatic heterocycles. The van der Waals surface area contributed by atoms with Crippen molar-refractivity contribution in [3.05, 3.63) is 63.7 Å². The lowest BCUT2D eigenvalue weighted by Crippen LogP contribution is -2.29. The standard InChI is InChI=1S/C16H9ClF3NO3/c17-11-5-4-8(6-10(11)16(18,19)20)7-21-14(23)9-2-1-3-12(22)13(9)15(21)24/h1-6,22H,7H2. The van der Waals surface area contributed by atoms with Gasteiger partial charge in [-0.05, 0) is 29.8 Å². The first-order valence-corrected chi connectivity index (χ1v) is 7.11. The van der Waals surface area contributed by atoms with Gasteiger partial charge in [0, 0.05) is 0 Å². The number of hydrogen-bond acceptors (Lipinski definition) is 3. The van der Waals surface area contributed by atoms with Gasteiger partial charge in [-0.25, -0.2) is 0 Å². The van der Waals surface area contributed by atoms with E-state index in [-0.39, 0.29) is 29.0 Å². The second-order valence-corrected chi connectivity index (χ2v) is 5.62. The largest absolute Gasteiger partial charge is 0.507 e. The van der Waals surface area contributed by atoms with Gasteiger partial charge in [0.15, 0.2) is 0 Å². The van der Waals surface area contributed by atoms with Crippen molar-refractivity contribution in [3.63, 3.8) is 0 Å². The highest BCUT2D eigenvalue weighted by Gasteiger charge is 2.38. The second kappa shape index (κ2) is 5.52. The zero-order valence-corrected chi connectivity index (χ0v) is 12.6. The van der Waals surface area contributed by atoms with Crippen LogP contribution in [-0.2, 0) is 12.7 Å². The van der Waals surface area contributed by atoms with Gasteiger partial charge in [-0.3, -0.25) is 14.5 Å². The van der Waals surface area contributed by atoms with Crippen LogP contribution in [-0.4, -0.2) is 21.8 Å². The number of nitrogens with zero attached hydrogens (tertiary/aromatic N) is 1. The Bertz CT molecular complexity index is 864. The molecule has 0 fully saturated rings. The molecule has 1 heterocycles. The minimum atomic E-state index is -4.65. The average Bonchev–Trinajstić information content (AvgIpc) is 2.74. The Balaban J connectivity index is 1.95. The molecule has 0 bridgehead atoms. The lowest BCUT2D eigenvalue weighted by Gasteiger charge is -2.16. The van der Waals surface area contributed by atoms with Crippen LogP contribution >= 0.6 is 11.6 Å². The molecule has 124 valence electrons. The third-order valence-electron chi connectivity index (χ3n) is 3.65. The van der Waals surface area contributed by atoms with E-state index in [1.54, 1.807) is 0 Å². The highest BCUT2D eigenvalue weighted by molar-refractivity contribution is 6.31. The molecule has 0 saturated carbocycles. The monoisotopic (exact) mass is 355 g/mol. The van der Waals surface area contributed by atoms with Crippen LogP contribution in [0.5, 0.6) is 5.75 Å². The topological polar surface area (TPSA) is 57.6 Å². The van der Waals surface area contributed by atoms with Gasteiger partial charge in [-0.15, -0.1) is 0 Å². The summed E-state index contributed by atoms with van der Waals surface area (Å²) in [5.41, 5.74) is -1.07. The Labute approximate surface area is 139 Å². The van der Waals surface area contributed by atoms with E-state index >= 15 is 0 Å². The Morgan fingerprint density at radius 1 is 1.08 bits per heavy atom. The van der Waals surface area contributed by atoms with Crippen LogP contribution in [0.4, 0.5) is 13.2 Å². The number of fused-ring (bicyclic) bond motifs is 1. The fourth-order valence-corrected chi connectivity index (χ4v) is 2.75. The van der Waals surface area contributed by atoms with E-state index in [9.17, 15) is 27.9 Å². The Hall–Kier alpha value is -2.54. The number of phenols is 1. The van der Waals surface area contributed by atoms with E-state index in [0.717, 1.165) is 17.0 Å². The van der Waals surface area contributed by atoms with E-state index in [1.165, 1.54) is 24.3 Å². The van der Waals surface area contributed by atoms with Gasteiger partial charge in [-0.1, -0.05) is 23.7 Å². The molecule has 0 saturated heterocycles. The third-order valence-corrected chi connectivity index (χ3v) is 3.98. The second-order valence-electron chi connectivity index (χ2n) is 5.21. The molecule has 4 nitrogen and oxygen atoms in total. The third kappa shape index (κ3) is 2.60. The van der Waals surface area contributed by atoms with Crippen molar-refractivity contribution in [1.29, 1.82) is 0 Å². The molecule has 0 atom stereocenters. The smallest absolute Gasteiger partial charge is 0.417 e. The molecule has 8 heteroatoms. The molecule has 0 unspecified atom stereocenters. The highest BCUT2D eigenvalue weighted by atomic mass is 35.5. The minimum absolute atomic E-state index is 0.0185. The van der Waals surface area contributed by atoms with Crippen LogP contribution in [0, 0.1) is 0 Å². The van der Waals surface area contributed by atoms with Crippen molar-refractivity contribution >= 4 is 23.4 Å². The van der Waals surface area contributed by atoms with Gasteiger partial charge in [0.1, 0.15) is 5.75 Å². The number of phenolic OH excluding ortho intramolecular Hbond substituents is 1. The summed E-state index contributed by atoms with van der Waals surface area (Å²) in [6, 6.07) is 7.21. The van der Waals surface area contributed by atoms with E-state index in [2.05, 4.69) is 0 Å². The van der Waals surface area contributed by atoms with E-state index in [0.29, 0.717) is 0 Å². The first-order chi connectivity index (χ1) is 11.2. The van der Waals surface area contributed by atoms with Crippen LogP contribution in [0.15, 0.2) is 36.4 Å². The summed E-state index contributed by atoms with van der Waals surface area (Å²) in [6.45, 7) is -0.355. The highest BCUT2D eigenvalue weighted by Crippen LogP contribution is 2.36. The SMILES string of the molecule is O=C1c2cccc(O)c2C(=O)N1Cc1ccc(Cl)c(C(F)(F)F)c1. The number of carbonyl (C=O) groups excluding carboxylic acids is 2. The summed E-state index contributed by atoms with van der Waals surface area (Å²) >= 11 is 5.55. The van der Waals surface area contributed by atoms with Gasteiger partial charge < -0.3 is 5.11 Å². The molecule has 1 N–H and O–H groups in total. The summed E-state index contributed by atoms with van der Waals surface area (Å²) in [5.74, 6) is -1.77. The molecule has 0 spiro atoms. The molecule has 3 rings (SSSR count). The van der Waals surface area contributed by atoms with Crippen molar-refractivity contribution in [3.8, 4) is 5.75 Å². The number of carbonyl (C=O) groups is 2. The van der Waals surface area contributed by atoms with Crippen molar-refractivity contribution < 1.29 is 27.9 Å². The molecule has 2 aromatic carbocycles. The zero-order valence-electron chi connectivity index (χ0n) is 11.9. The average molecular weight is 356 g/mol. The van der Waals surface area contributed by atoms with Crippen molar-refractivity contribution in [2.45, 2.75) is 12.7 Å². The molecule has 2 aromatic rings. The number of amides is 2. The Kier molecular flexibility index (Phi) is 3.76. The Morgan fingerprint density at radius 3 is 2.42 bits per heavy atom. The van der Waals surface area contributed by atoms with Crippen LogP contribution in [0.3, 0.4) is 0 Å². The maximum absolute atomic E-state index is 12.9. The molecule has 0 aliphatic carbocycles. The first kappa shape index (κ1) is 16.3.